The maximum Gasteiger partial charge on any atom is 0.338 e. The van der Waals surface area contributed by atoms with Crippen molar-refractivity contribution in [3.63, 3.8) is 0 Å². The molecule has 1 aromatic heterocycles. The van der Waals surface area contributed by atoms with Crippen LogP contribution >= 0.6 is 11.3 Å². The molecule has 198 valence electrons. The zero-order valence-electron chi connectivity index (χ0n) is 21.9. The van der Waals surface area contributed by atoms with Gasteiger partial charge in [0.2, 0.25) is 0 Å². The van der Waals surface area contributed by atoms with E-state index in [9.17, 15) is 9.59 Å². The minimum absolute atomic E-state index is 0.218. The number of ether oxygens (including phenoxy) is 3. The molecule has 39 heavy (non-hydrogen) atoms. The normalized spacial score (nSPS) is 14.9. The molecule has 5 rings (SSSR count). The predicted octanol–water partition coefficient (Wildman–Crippen LogP) is 4.39. The summed E-state index contributed by atoms with van der Waals surface area (Å²) in [4.78, 5) is 32.0. The molecular formula is C31H28N2O5S. The molecule has 0 spiro atoms. The highest BCUT2D eigenvalue weighted by Crippen LogP contribution is 2.32. The first-order valence-electron chi connectivity index (χ1n) is 12.6. The van der Waals surface area contributed by atoms with E-state index < -0.39 is 12.0 Å². The molecule has 7 nitrogen and oxygen atoms in total. The molecule has 1 aliphatic heterocycles. The van der Waals surface area contributed by atoms with Crippen molar-refractivity contribution in [2.24, 2.45) is 4.99 Å². The third-order valence-corrected chi connectivity index (χ3v) is 7.34. The van der Waals surface area contributed by atoms with Crippen LogP contribution in [0.4, 0.5) is 0 Å². The van der Waals surface area contributed by atoms with E-state index in [-0.39, 0.29) is 12.2 Å². The number of thiazole rings is 1. The van der Waals surface area contributed by atoms with Gasteiger partial charge in [-0.15, -0.1) is 0 Å². The fourth-order valence-corrected chi connectivity index (χ4v) is 5.52. The SMILES string of the molecule is CCOC(=O)C1=C(C)N=c2s/c(=C/c3ccc(OCc4ccccc4)cc3)c(=O)n2[C@@H]1c1cccc(OC)c1. The second-order valence-electron chi connectivity index (χ2n) is 8.92. The number of benzene rings is 3. The van der Waals surface area contributed by atoms with Crippen LogP contribution in [0.2, 0.25) is 0 Å². The molecule has 0 fully saturated rings. The average Bonchev–Trinajstić information content (AvgIpc) is 3.26. The van der Waals surface area contributed by atoms with Gasteiger partial charge in [-0.05, 0) is 60.9 Å². The van der Waals surface area contributed by atoms with Crippen LogP contribution in [0.5, 0.6) is 11.5 Å². The lowest BCUT2D eigenvalue weighted by molar-refractivity contribution is -0.139. The second-order valence-corrected chi connectivity index (χ2v) is 9.93. The van der Waals surface area contributed by atoms with Gasteiger partial charge in [0.25, 0.3) is 5.56 Å². The van der Waals surface area contributed by atoms with Crippen molar-refractivity contribution in [1.82, 2.24) is 4.57 Å². The smallest absolute Gasteiger partial charge is 0.338 e. The average molecular weight is 541 g/mol. The molecule has 0 amide bonds. The Balaban J connectivity index is 1.52. The van der Waals surface area contributed by atoms with Gasteiger partial charge in [-0.1, -0.05) is 65.9 Å². The fraction of sp³-hybridized carbons (Fsp3) is 0.194. The second kappa shape index (κ2) is 11.5. The summed E-state index contributed by atoms with van der Waals surface area (Å²) in [6, 6.07) is 24.2. The first-order chi connectivity index (χ1) is 19.0. The molecule has 0 N–H and O–H groups in total. The van der Waals surface area contributed by atoms with Crippen molar-refractivity contribution in [2.75, 3.05) is 13.7 Å². The van der Waals surface area contributed by atoms with Crippen LogP contribution in [-0.4, -0.2) is 24.3 Å². The van der Waals surface area contributed by atoms with Gasteiger partial charge >= 0.3 is 5.97 Å². The van der Waals surface area contributed by atoms with E-state index >= 15 is 0 Å². The standard InChI is InChI=1S/C31H28N2O5S/c1-4-37-30(35)27-20(2)32-31-33(28(27)23-11-8-12-25(18-23)36-3)29(34)26(39-31)17-21-13-15-24(16-14-21)38-19-22-9-6-5-7-10-22/h5-18,28H,4,19H2,1-3H3/b26-17+/t28-/m1/s1. The Morgan fingerprint density at radius 2 is 1.79 bits per heavy atom. The first-order valence-corrected chi connectivity index (χ1v) is 13.4. The van der Waals surface area contributed by atoms with Crippen molar-refractivity contribution >= 4 is 23.4 Å². The largest absolute Gasteiger partial charge is 0.497 e. The van der Waals surface area contributed by atoms with Crippen LogP contribution in [0.1, 0.15) is 36.6 Å². The summed E-state index contributed by atoms with van der Waals surface area (Å²) in [5.41, 5.74) is 3.31. The number of allylic oxidation sites excluding steroid dienone is 1. The summed E-state index contributed by atoms with van der Waals surface area (Å²) in [5, 5.41) is 0. The molecule has 0 bridgehead atoms. The molecule has 0 saturated carbocycles. The highest BCUT2D eigenvalue weighted by molar-refractivity contribution is 7.07. The zero-order chi connectivity index (χ0) is 27.4. The molecule has 4 aromatic rings. The van der Waals surface area contributed by atoms with Gasteiger partial charge in [-0.25, -0.2) is 9.79 Å². The Kier molecular flexibility index (Phi) is 7.74. The fourth-order valence-electron chi connectivity index (χ4n) is 4.47. The molecule has 8 heteroatoms. The van der Waals surface area contributed by atoms with Crippen LogP contribution < -0.4 is 24.4 Å². The monoisotopic (exact) mass is 540 g/mol. The third-order valence-electron chi connectivity index (χ3n) is 6.35. The Labute approximate surface area is 229 Å². The Bertz CT molecular complexity index is 1700. The summed E-state index contributed by atoms with van der Waals surface area (Å²) >= 11 is 1.29. The van der Waals surface area contributed by atoms with Crippen molar-refractivity contribution in [3.05, 3.63) is 127 Å². The quantitative estimate of drug-likeness (QED) is 0.310. The summed E-state index contributed by atoms with van der Waals surface area (Å²) in [5.74, 6) is 0.874. The van der Waals surface area contributed by atoms with E-state index in [1.165, 1.54) is 11.3 Å². The van der Waals surface area contributed by atoms with Gasteiger partial charge in [0.1, 0.15) is 18.1 Å². The van der Waals surface area contributed by atoms with Crippen molar-refractivity contribution in [1.29, 1.82) is 0 Å². The van der Waals surface area contributed by atoms with Gasteiger partial charge < -0.3 is 14.2 Å². The van der Waals surface area contributed by atoms with Gasteiger partial charge in [0.05, 0.1) is 35.6 Å². The highest BCUT2D eigenvalue weighted by atomic mass is 32.1. The third kappa shape index (κ3) is 5.56. The number of methoxy groups -OCH3 is 1. The van der Waals surface area contributed by atoms with Crippen molar-refractivity contribution in [3.8, 4) is 11.5 Å². The van der Waals surface area contributed by atoms with Gasteiger partial charge in [-0.2, -0.15) is 0 Å². The summed E-state index contributed by atoms with van der Waals surface area (Å²) in [6.07, 6.45) is 1.83. The summed E-state index contributed by atoms with van der Waals surface area (Å²) in [7, 11) is 1.58. The van der Waals surface area contributed by atoms with Crippen LogP contribution in [0.15, 0.2) is 99.9 Å². The van der Waals surface area contributed by atoms with E-state index in [0.29, 0.717) is 33.0 Å². The minimum atomic E-state index is -0.689. The van der Waals surface area contributed by atoms with Crippen LogP contribution in [-0.2, 0) is 16.1 Å². The van der Waals surface area contributed by atoms with Gasteiger partial charge in [-0.3, -0.25) is 9.36 Å². The zero-order valence-corrected chi connectivity index (χ0v) is 22.7. The van der Waals surface area contributed by atoms with E-state index in [2.05, 4.69) is 4.99 Å². The first kappa shape index (κ1) is 26.2. The number of esters is 1. The number of hydrogen-bond donors (Lipinski definition) is 0. The number of carbonyl (C=O) groups excluding carboxylic acids is 1. The molecular weight excluding hydrogens is 512 g/mol. The van der Waals surface area contributed by atoms with E-state index in [0.717, 1.165) is 22.4 Å². The van der Waals surface area contributed by atoms with Crippen LogP contribution in [0.25, 0.3) is 6.08 Å². The lowest BCUT2D eigenvalue weighted by atomic mass is 9.95. The molecule has 0 aliphatic carbocycles. The van der Waals surface area contributed by atoms with Crippen LogP contribution in [0.3, 0.4) is 0 Å². The number of aromatic nitrogens is 1. The number of fused-ring (bicyclic) bond motifs is 1. The van der Waals surface area contributed by atoms with E-state index in [1.807, 2.05) is 84.9 Å². The number of carbonyl (C=O) groups is 1. The minimum Gasteiger partial charge on any atom is -0.497 e. The topological polar surface area (TPSA) is 79.1 Å². The van der Waals surface area contributed by atoms with Crippen molar-refractivity contribution < 1.29 is 19.0 Å². The number of hydrogen-bond acceptors (Lipinski definition) is 7. The van der Waals surface area contributed by atoms with Crippen molar-refractivity contribution in [2.45, 2.75) is 26.5 Å². The molecule has 0 radical (unpaired) electrons. The molecule has 0 unspecified atom stereocenters. The highest BCUT2D eigenvalue weighted by Gasteiger charge is 2.33. The lowest BCUT2D eigenvalue weighted by Crippen LogP contribution is -2.39. The summed E-state index contributed by atoms with van der Waals surface area (Å²) in [6.45, 7) is 4.22. The molecule has 3 aromatic carbocycles. The number of nitrogens with zero attached hydrogens (tertiary/aromatic N) is 2. The maximum atomic E-state index is 13.8. The van der Waals surface area contributed by atoms with E-state index in [4.69, 9.17) is 14.2 Å². The maximum absolute atomic E-state index is 13.8. The Hall–Kier alpha value is -4.43. The molecule has 0 saturated heterocycles. The van der Waals surface area contributed by atoms with Gasteiger partial charge in [0.15, 0.2) is 4.80 Å². The molecule has 1 aliphatic rings. The molecule has 2 heterocycles. The summed E-state index contributed by atoms with van der Waals surface area (Å²) < 4.78 is 18.7. The predicted molar refractivity (Wildman–Crippen MR) is 151 cm³/mol. The van der Waals surface area contributed by atoms with Gasteiger partial charge in [0, 0.05) is 0 Å². The Morgan fingerprint density at radius 3 is 2.51 bits per heavy atom. The lowest BCUT2D eigenvalue weighted by Gasteiger charge is -2.25. The molecule has 1 atom stereocenters. The number of rotatable bonds is 8. The van der Waals surface area contributed by atoms with Crippen LogP contribution in [0, 0.1) is 0 Å². The van der Waals surface area contributed by atoms with E-state index in [1.54, 1.807) is 25.5 Å². The Morgan fingerprint density at radius 1 is 1.03 bits per heavy atom.